The third-order valence-electron chi connectivity index (χ3n) is 4.89. The average Bonchev–Trinajstić information content (AvgIpc) is 3.39. The van der Waals surface area contributed by atoms with Gasteiger partial charge in [-0.15, -0.1) is 0 Å². The van der Waals surface area contributed by atoms with Gasteiger partial charge < -0.3 is 10.6 Å². The first-order valence-corrected chi connectivity index (χ1v) is 8.87. The van der Waals surface area contributed by atoms with Crippen molar-refractivity contribution in [1.29, 1.82) is 0 Å². The van der Waals surface area contributed by atoms with Crippen LogP contribution in [-0.2, 0) is 16.9 Å². The van der Waals surface area contributed by atoms with Gasteiger partial charge in [0.25, 0.3) is 0 Å². The maximum absolute atomic E-state index is 13.0. The molecular weight excluding hydrogens is 328 g/mol. The van der Waals surface area contributed by atoms with Crippen molar-refractivity contribution in [1.82, 2.24) is 30.2 Å². The van der Waals surface area contributed by atoms with Crippen molar-refractivity contribution < 1.29 is 4.79 Å². The molecule has 2 aromatic heterocycles. The summed E-state index contributed by atoms with van der Waals surface area (Å²) in [5.41, 5.74) is 1.19. The Hall–Kier alpha value is -2.93. The zero-order valence-corrected chi connectivity index (χ0v) is 14.5. The lowest BCUT2D eigenvalue weighted by Gasteiger charge is -2.36. The summed E-state index contributed by atoms with van der Waals surface area (Å²) in [6.07, 6.45) is 6.94. The molecule has 3 heterocycles. The molecule has 1 amide bonds. The molecule has 2 N–H and O–H groups in total. The summed E-state index contributed by atoms with van der Waals surface area (Å²) in [7, 11) is 0. The summed E-state index contributed by atoms with van der Waals surface area (Å²) in [6, 6.07) is 13.7. The lowest BCUT2D eigenvalue weighted by Crippen LogP contribution is -2.54. The van der Waals surface area contributed by atoms with Gasteiger partial charge in [-0.2, -0.15) is 10.2 Å². The number of nitrogens with zero attached hydrogens (tertiary/aromatic N) is 4. The van der Waals surface area contributed by atoms with Gasteiger partial charge in [0.1, 0.15) is 5.54 Å². The first kappa shape index (κ1) is 16.5. The Bertz CT molecular complexity index is 849. The molecule has 1 saturated heterocycles. The van der Waals surface area contributed by atoms with Gasteiger partial charge in [-0.05, 0) is 50.2 Å². The van der Waals surface area contributed by atoms with Crippen LogP contribution >= 0.6 is 0 Å². The van der Waals surface area contributed by atoms with Crippen LogP contribution in [0.1, 0.15) is 18.5 Å². The number of piperidine rings is 1. The Morgan fingerprint density at radius 3 is 2.65 bits per heavy atom. The van der Waals surface area contributed by atoms with E-state index >= 15 is 0 Å². The van der Waals surface area contributed by atoms with Crippen LogP contribution in [0, 0.1) is 0 Å². The minimum Gasteiger partial charge on any atom is -0.348 e. The first-order chi connectivity index (χ1) is 12.8. The number of para-hydroxylation sites is 1. The van der Waals surface area contributed by atoms with Crippen molar-refractivity contribution in [2.75, 3.05) is 13.1 Å². The van der Waals surface area contributed by atoms with Crippen molar-refractivity contribution in [2.45, 2.75) is 24.9 Å². The van der Waals surface area contributed by atoms with Crippen LogP contribution in [0.15, 0.2) is 61.1 Å². The Morgan fingerprint density at radius 1 is 1.12 bits per heavy atom. The summed E-state index contributed by atoms with van der Waals surface area (Å²) in [4.78, 5) is 13.0. The molecule has 0 unspecified atom stereocenters. The zero-order valence-electron chi connectivity index (χ0n) is 14.5. The molecule has 0 atom stereocenters. The van der Waals surface area contributed by atoms with Crippen molar-refractivity contribution in [2.24, 2.45) is 0 Å². The summed E-state index contributed by atoms with van der Waals surface area (Å²) < 4.78 is 3.61. The van der Waals surface area contributed by atoms with Gasteiger partial charge in [0.2, 0.25) is 5.91 Å². The Balaban J connectivity index is 1.47. The number of rotatable bonds is 5. The van der Waals surface area contributed by atoms with E-state index < -0.39 is 5.54 Å². The summed E-state index contributed by atoms with van der Waals surface area (Å²) in [5.74, 6) is -0.00281. The van der Waals surface area contributed by atoms with E-state index in [1.165, 1.54) is 0 Å². The van der Waals surface area contributed by atoms with Crippen molar-refractivity contribution in [3.8, 4) is 5.69 Å². The molecule has 0 aliphatic carbocycles. The molecule has 0 bridgehead atoms. The fourth-order valence-electron chi connectivity index (χ4n) is 3.44. The van der Waals surface area contributed by atoms with Gasteiger partial charge in [0.15, 0.2) is 0 Å². The van der Waals surface area contributed by atoms with Crippen LogP contribution in [0.25, 0.3) is 5.69 Å². The van der Waals surface area contributed by atoms with Crippen LogP contribution in [0.4, 0.5) is 0 Å². The van der Waals surface area contributed by atoms with E-state index in [0.29, 0.717) is 6.54 Å². The molecule has 1 aromatic carbocycles. The van der Waals surface area contributed by atoms with Crippen LogP contribution < -0.4 is 10.6 Å². The molecule has 7 heteroatoms. The number of hydrogen-bond donors (Lipinski definition) is 2. The molecule has 1 aliphatic heterocycles. The minimum atomic E-state index is -0.628. The van der Waals surface area contributed by atoms with Crippen molar-refractivity contribution in [3.63, 3.8) is 0 Å². The fraction of sp³-hybridized carbons (Fsp3) is 0.316. The Morgan fingerprint density at radius 2 is 1.92 bits per heavy atom. The normalized spacial score (nSPS) is 16.3. The van der Waals surface area contributed by atoms with E-state index in [-0.39, 0.29) is 5.91 Å². The van der Waals surface area contributed by atoms with Gasteiger partial charge in [-0.1, -0.05) is 18.2 Å². The SMILES string of the molecule is O=C(NCc1ccn(-c2ccccc2)n1)C1(n2cccn2)CCNCC1. The lowest BCUT2D eigenvalue weighted by molar-refractivity contribution is -0.132. The molecule has 3 aromatic rings. The summed E-state index contributed by atoms with van der Waals surface area (Å²) in [6.45, 7) is 2.00. The molecule has 0 spiro atoms. The number of amides is 1. The Labute approximate surface area is 152 Å². The van der Waals surface area contributed by atoms with Crippen molar-refractivity contribution >= 4 is 5.91 Å². The zero-order chi connectivity index (χ0) is 17.8. The number of hydrogen-bond acceptors (Lipinski definition) is 4. The highest BCUT2D eigenvalue weighted by molar-refractivity contribution is 5.84. The highest BCUT2D eigenvalue weighted by Gasteiger charge is 2.41. The van der Waals surface area contributed by atoms with E-state index in [2.05, 4.69) is 20.8 Å². The lowest BCUT2D eigenvalue weighted by atomic mass is 9.87. The van der Waals surface area contributed by atoms with Crippen LogP contribution in [0.3, 0.4) is 0 Å². The largest absolute Gasteiger partial charge is 0.348 e. The van der Waals surface area contributed by atoms with Crippen LogP contribution in [-0.4, -0.2) is 38.6 Å². The third kappa shape index (κ3) is 3.13. The molecule has 4 rings (SSSR count). The smallest absolute Gasteiger partial charge is 0.248 e. The summed E-state index contributed by atoms with van der Waals surface area (Å²) in [5, 5.41) is 15.3. The second kappa shape index (κ2) is 7.13. The number of carbonyl (C=O) groups excluding carboxylic acids is 1. The molecule has 0 radical (unpaired) electrons. The fourth-order valence-corrected chi connectivity index (χ4v) is 3.44. The average molecular weight is 350 g/mol. The van der Waals surface area contributed by atoms with E-state index in [1.807, 2.05) is 59.5 Å². The monoisotopic (exact) mass is 350 g/mol. The maximum atomic E-state index is 13.0. The Kier molecular flexibility index (Phi) is 4.53. The number of nitrogens with one attached hydrogen (secondary N) is 2. The molecule has 1 aliphatic rings. The van der Waals surface area contributed by atoms with E-state index in [1.54, 1.807) is 10.9 Å². The van der Waals surface area contributed by atoms with Gasteiger partial charge >= 0.3 is 0 Å². The van der Waals surface area contributed by atoms with Crippen LogP contribution in [0.2, 0.25) is 0 Å². The second-order valence-electron chi connectivity index (χ2n) is 6.50. The standard InChI is InChI=1S/C19H22N6O/c26-18(19(8-11-20-12-9-19)25-13-4-10-22-25)21-15-16-7-14-24(23-16)17-5-2-1-3-6-17/h1-7,10,13-14,20H,8-9,11-12,15H2,(H,21,26). The molecular formula is C19H22N6O. The minimum absolute atomic E-state index is 0.00281. The topological polar surface area (TPSA) is 76.8 Å². The van der Waals surface area contributed by atoms with Gasteiger partial charge in [0, 0.05) is 18.6 Å². The maximum Gasteiger partial charge on any atom is 0.248 e. The second-order valence-corrected chi connectivity index (χ2v) is 6.50. The number of benzene rings is 1. The van der Waals surface area contributed by atoms with E-state index in [0.717, 1.165) is 37.3 Å². The van der Waals surface area contributed by atoms with E-state index in [9.17, 15) is 4.79 Å². The number of aromatic nitrogens is 4. The first-order valence-electron chi connectivity index (χ1n) is 8.87. The molecule has 7 nitrogen and oxygen atoms in total. The summed E-state index contributed by atoms with van der Waals surface area (Å²) >= 11 is 0. The molecule has 134 valence electrons. The third-order valence-corrected chi connectivity index (χ3v) is 4.89. The molecule has 1 fully saturated rings. The van der Waals surface area contributed by atoms with Gasteiger partial charge in [-0.3, -0.25) is 9.48 Å². The van der Waals surface area contributed by atoms with Crippen molar-refractivity contribution in [3.05, 3.63) is 66.7 Å². The highest BCUT2D eigenvalue weighted by Crippen LogP contribution is 2.27. The van der Waals surface area contributed by atoms with E-state index in [4.69, 9.17) is 0 Å². The quantitative estimate of drug-likeness (QED) is 0.730. The number of carbonyl (C=O) groups is 1. The van der Waals surface area contributed by atoms with Gasteiger partial charge in [-0.25, -0.2) is 4.68 Å². The predicted molar refractivity (Wildman–Crippen MR) is 97.7 cm³/mol. The molecule has 0 saturated carbocycles. The predicted octanol–water partition coefficient (Wildman–Crippen LogP) is 1.46. The molecule has 26 heavy (non-hydrogen) atoms. The highest BCUT2D eigenvalue weighted by atomic mass is 16.2. The van der Waals surface area contributed by atoms with Crippen LogP contribution in [0.5, 0.6) is 0 Å². The van der Waals surface area contributed by atoms with Gasteiger partial charge in [0.05, 0.1) is 17.9 Å².